The number of alkyl halides is 2. The second-order valence-corrected chi connectivity index (χ2v) is 9.05. The van der Waals surface area contributed by atoms with Gasteiger partial charge in [-0.1, -0.05) is 0 Å². The lowest BCUT2D eigenvalue weighted by Gasteiger charge is -2.36. The number of nitrogens with one attached hydrogen (secondary N) is 2. The molecule has 180 valence electrons. The normalized spacial score (nSPS) is 21.0. The van der Waals surface area contributed by atoms with Gasteiger partial charge in [-0.15, -0.1) is 0 Å². The summed E-state index contributed by atoms with van der Waals surface area (Å²) in [4.78, 5) is 22.3. The Morgan fingerprint density at radius 3 is 2.91 bits per heavy atom. The van der Waals surface area contributed by atoms with Crippen LogP contribution in [0.5, 0.6) is 5.75 Å². The average molecular weight is 481 g/mol. The Kier molecular flexibility index (Phi) is 4.32. The second-order valence-electron chi connectivity index (χ2n) is 9.05. The van der Waals surface area contributed by atoms with Crippen molar-refractivity contribution in [2.24, 2.45) is 0 Å². The molecule has 4 aromatic rings. The van der Waals surface area contributed by atoms with Crippen molar-refractivity contribution in [2.45, 2.75) is 30.8 Å². The maximum absolute atomic E-state index is 13.8. The molecule has 1 saturated heterocycles. The van der Waals surface area contributed by atoms with Crippen molar-refractivity contribution in [1.29, 1.82) is 0 Å². The van der Waals surface area contributed by atoms with Crippen LogP contribution in [0.2, 0.25) is 0 Å². The number of hydrogen-bond donors (Lipinski definition) is 2. The summed E-state index contributed by atoms with van der Waals surface area (Å²) in [6.45, 7) is 2.18. The first-order valence-corrected chi connectivity index (χ1v) is 11.5. The minimum absolute atomic E-state index is 0.123. The zero-order valence-electron chi connectivity index (χ0n) is 18.5. The van der Waals surface area contributed by atoms with E-state index in [1.807, 2.05) is 18.3 Å². The highest BCUT2D eigenvalue weighted by Gasteiger charge is 2.49. The van der Waals surface area contributed by atoms with Gasteiger partial charge in [0.1, 0.15) is 23.5 Å². The Balaban J connectivity index is 1.40. The molecule has 1 atom stereocenters. The van der Waals surface area contributed by atoms with Crippen molar-refractivity contribution in [3.8, 4) is 17.0 Å². The molecular weight excluding hydrogens is 460 g/mol. The number of halogens is 2. The van der Waals surface area contributed by atoms with Crippen molar-refractivity contribution < 1.29 is 23.0 Å². The number of ether oxygens (including phenoxy) is 2. The number of hydrogen-bond acceptors (Lipinski definition) is 7. The van der Waals surface area contributed by atoms with Crippen LogP contribution in [0.3, 0.4) is 0 Å². The lowest BCUT2D eigenvalue weighted by Crippen LogP contribution is -2.55. The van der Waals surface area contributed by atoms with Crippen molar-refractivity contribution in [1.82, 2.24) is 29.5 Å². The Morgan fingerprint density at radius 2 is 2.17 bits per heavy atom. The third-order valence-corrected chi connectivity index (χ3v) is 6.93. The Hall–Kier alpha value is -3.80. The summed E-state index contributed by atoms with van der Waals surface area (Å²) in [5, 5.41) is 10.9. The van der Waals surface area contributed by atoms with Crippen molar-refractivity contribution in [3.63, 3.8) is 0 Å². The number of rotatable bonds is 4. The van der Waals surface area contributed by atoms with Crippen LogP contribution in [0.15, 0.2) is 30.7 Å². The van der Waals surface area contributed by atoms with E-state index in [2.05, 4.69) is 25.3 Å². The third-order valence-electron chi connectivity index (χ3n) is 6.93. The number of carbonyl (C=O) groups excluding carboxylic acids is 1. The molecule has 1 amide bonds. The Bertz CT molecular complexity index is 1490. The van der Waals surface area contributed by atoms with Crippen molar-refractivity contribution >= 4 is 28.4 Å². The molecule has 1 saturated carbocycles. The van der Waals surface area contributed by atoms with E-state index in [9.17, 15) is 13.6 Å². The fourth-order valence-electron chi connectivity index (χ4n) is 4.79. The van der Waals surface area contributed by atoms with Gasteiger partial charge in [-0.3, -0.25) is 4.79 Å². The quantitative estimate of drug-likeness (QED) is 0.462. The number of pyridine rings is 1. The van der Waals surface area contributed by atoms with Gasteiger partial charge in [0.05, 0.1) is 38.0 Å². The van der Waals surface area contributed by atoms with E-state index < -0.39 is 17.9 Å². The van der Waals surface area contributed by atoms with Crippen LogP contribution in [0.4, 0.5) is 14.6 Å². The van der Waals surface area contributed by atoms with E-state index >= 15 is 0 Å². The topological polar surface area (TPSA) is 108 Å². The molecule has 3 aliphatic rings. The van der Waals surface area contributed by atoms with E-state index in [1.54, 1.807) is 6.20 Å². The fourth-order valence-corrected chi connectivity index (χ4v) is 4.79. The monoisotopic (exact) mass is 481 g/mol. The molecule has 10 nitrogen and oxygen atoms in total. The molecule has 2 fully saturated rings. The largest absolute Gasteiger partial charge is 0.486 e. The standard InChI is InChI=1S/C23H21F2N7O3/c24-23(25)4-3-16(23)29-22(33)14-8-28-32-20(14)30-17(18-21(32)27-6-7-35-18)15-9-31(12-10-34-11-12)19-13(15)2-1-5-26-19/h1-2,5,8-9,12,16,27H,3-4,6-7,10-11H2,(H,29,33). The van der Waals surface area contributed by atoms with Gasteiger partial charge in [-0.25, -0.2) is 18.7 Å². The van der Waals surface area contributed by atoms with Gasteiger partial charge in [-0.2, -0.15) is 9.61 Å². The Morgan fingerprint density at radius 1 is 1.29 bits per heavy atom. The summed E-state index contributed by atoms with van der Waals surface area (Å²) in [7, 11) is 0. The van der Waals surface area contributed by atoms with Gasteiger partial charge in [0.2, 0.25) is 0 Å². The van der Waals surface area contributed by atoms with E-state index in [4.69, 9.17) is 14.5 Å². The molecule has 7 rings (SSSR count). The molecule has 2 N–H and O–H groups in total. The molecule has 1 aliphatic carbocycles. The zero-order chi connectivity index (χ0) is 23.7. The van der Waals surface area contributed by atoms with E-state index in [-0.39, 0.29) is 30.1 Å². The molecule has 35 heavy (non-hydrogen) atoms. The third kappa shape index (κ3) is 3.02. The van der Waals surface area contributed by atoms with Gasteiger partial charge in [0.15, 0.2) is 17.2 Å². The van der Waals surface area contributed by atoms with Crippen LogP contribution in [0, 0.1) is 0 Å². The van der Waals surface area contributed by atoms with Crippen LogP contribution in [0.1, 0.15) is 29.2 Å². The molecule has 1 unspecified atom stereocenters. The van der Waals surface area contributed by atoms with Crippen molar-refractivity contribution in [3.05, 3.63) is 36.3 Å². The summed E-state index contributed by atoms with van der Waals surface area (Å²) in [6, 6.07) is 2.80. The van der Waals surface area contributed by atoms with Gasteiger partial charge in [0.25, 0.3) is 11.8 Å². The van der Waals surface area contributed by atoms with Gasteiger partial charge < -0.3 is 24.7 Å². The minimum Gasteiger partial charge on any atom is -0.486 e. The number of amides is 1. The molecule has 0 aromatic carbocycles. The van der Waals surface area contributed by atoms with Crippen LogP contribution >= 0.6 is 0 Å². The van der Waals surface area contributed by atoms with Crippen LogP contribution in [-0.2, 0) is 4.74 Å². The van der Waals surface area contributed by atoms with E-state index in [0.717, 1.165) is 16.6 Å². The van der Waals surface area contributed by atoms with Crippen LogP contribution in [-0.4, -0.2) is 68.4 Å². The first kappa shape index (κ1) is 20.6. The molecule has 0 radical (unpaired) electrons. The molecule has 0 bridgehead atoms. The van der Waals surface area contributed by atoms with Gasteiger partial charge >= 0.3 is 0 Å². The summed E-state index contributed by atoms with van der Waals surface area (Å²) in [5.41, 5.74) is 2.50. The smallest absolute Gasteiger partial charge is 0.267 e. The molecule has 4 aromatic heterocycles. The highest BCUT2D eigenvalue weighted by atomic mass is 19.3. The summed E-state index contributed by atoms with van der Waals surface area (Å²) in [5.74, 6) is -2.46. The highest BCUT2D eigenvalue weighted by Crippen LogP contribution is 2.42. The predicted octanol–water partition coefficient (Wildman–Crippen LogP) is 2.65. The van der Waals surface area contributed by atoms with Crippen LogP contribution < -0.4 is 15.4 Å². The summed E-state index contributed by atoms with van der Waals surface area (Å²) >= 11 is 0. The van der Waals surface area contributed by atoms with Gasteiger partial charge in [-0.05, 0) is 18.6 Å². The highest BCUT2D eigenvalue weighted by molar-refractivity contribution is 6.02. The van der Waals surface area contributed by atoms with E-state index in [0.29, 0.717) is 43.6 Å². The summed E-state index contributed by atoms with van der Waals surface area (Å²) < 4.78 is 42.5. The molecule has 6 heterocycles. The average Bonchev–Trinajstić information content (AvgIpc) is 3.43. The second kappa shape index (κ2) is 7.35. The number of nitrogens with zero attached hydrogens (tertiary/aromatic N) is 5. The molecule has 2 aliphatic heterocycles. The minimum atomic E-state index is -2.90. The first-order chi connectivity index (χ1) is 17.0. The first-order valence-electron chi connectivity index (χ1n) is 11.5. The maximum atomic E-state index is 13.8. The maximum Gasteiger partial charge on any atom is 0.267 e. The number of aromatic nitrogens is 5. The Labute approximate surface area is 197 Å². The number of fused-ring (bicyclic) bond motifs is 4. The fraction of sp³-hybridized carbons (Fsp3) is 0.391. The number of anilines is 1. The number of carbonyl (C=O) groups is 1. The van der Waals surface area contributed by atoms with E-state index in [1.165, 1.54) is 10.7 Å². The molecule has 0 spiro atoms. The lowest BCUT2D eigenvalue weighted by atomic mass is 9.88. The SMILES string of the molecule is O=C(NC1CCC1(F)F)c1cnn2c3c(c(-c4cn(C5COC5)c5ncccc45)nc12)OCCN3. The summed E-state index contributed by atoms with van der Waals surface area (Å²) in [6.07, 6.45) is 5.08. The lowest BCUT2D eigenvalue weighted by molar-refractivity contribution is -0.102. The van der Waals surface area contributed by atoms with Gasteiger partial charge in [0, 0.05) is 29.8 Å². The van der Waals surface area contributed by atoms with Crippen molar-refractivity contribution in [2.75, 3.05) is 31.7 Å². The molecular formula is C23H21F2N7O3. The zero-order valence-corrected chi connectivity index (χ0v) is 18.5. The molecule has 12 heteroatoms. The predicted molar refractivity (Wildman–Crippen MR) is 121 cm³/mol. The van der Waals surface area contributed by atoms with Crippen LogP contribution in [0.25, 0.3) is 27.9 Å².